The predicted octanol–water partition coefficient (Wildman–Crippen LogP) is 2.21. The summed E-state index contributed by atoms with van der Waals surface area (Å²) in [6.45, 7) is 0. The Bertz CT molecular complexity index is 810. The van der Waals surface area contributed by atoms with Gasteiger partial charge in [0.2, 0.25) is 0 Å². The van der Waals surface area contributed by atoms with Crippen LogP contribution in [0.1, 0.15) is 0 Å². The van der Waals surface area contributed by atoms with Crippen LogP contribution in [0.5, 0.6) is 0 Å². The molecule has 1 aromatic carbocycles. The molecular formula is C14H12N4O2S. The van der Waals surface area contributed by atoms with Crippen LogP contribution in [-0.2, 0) is 11.8 Å². The molecule has 0 aliphatic rings. The highest BCUT2D eigenvalue weighted by Crippen LogP contribution is 2.27. The van der Waals surface area contributed by atoms with E-state index in [2.05, 4.69) is 15.1 Å². The van der Waals surface area contributed by atoms with Gasteiger partial charge in [0.25, 0.3) is 0 Å². The molecule has 3 aromatic rings. The zero-order valence-corrected chi connectivity index (χ0v) is 12.0. The first-order chi connectivity index (χ1) is 10.1. The first kappa shape index (κ1) is 13.6. The van der Waals surface area contributed by atoms with Crippen LogP contribution in [-0.4, -0.2) is 36.6 Å². The largest absolute Gasteiger partial charge is 0.481 e. The fraction of sp³-hybridized carbons (Fsp3) is 0.143. The van der Waals surface area contributed by atoms with Crippen molar-refractivity contribution in [1.29, 1.82) is 0 Å². The van der Waals surface area contributed by atoms with Crippen LogP contribution in [0.25, 0.3) is 22.3 Å². The van der Waals surface area contributed by atoms with Gasteiger partial charge in [-0.15, -0.1) is 0 Å². The maximum Gasteiger partial charge on any atom is 0.313 e. The number of aromatic nitrogens is 4. The van der Waals surface area contributed by atoms with E-state index >= 15 is 0 Å². The van der Waals surface area contributed by atoms with Crippen LogP contribution in [0, 0.1) is 0 Å². The lowest BCUT2D eigenvalue weighted by atomic mass is 10.1. The molecule has 0 spiro atoms. The molecule has 0 saturated carbocycles. The summed E-state index contributed by atoms with van der Waals surface area (Å²) in [5.74, 6) is -0.341. The fourth-order valence-corrected chi connectivity index (χ4v) is 2.67. The quantitative estimate of drug-likeness (QED) is 0.744. The number of thioether (sulfide) groups is 1. The molecule has 0 fully saturated rings. The smallest absolute Gasteiger partial charge is 0.313 e. The van der Waals surface area contributed by atoms with Gasteiger partial charge in [-0.3, -0.25) is 9.78 Å². The second kappa shape index (κ2) is 5.53. The summed E-state index contributed by atoms with van der Waals surface area (Å²) >= 11 is 1.15. The van der Waals surface area contributed by atoms with Crippen LogP contribution in [0.2, 0.25) is 0 Å². The normalized spacial score (nSPS) is 10.9. The van der Waals surface area contributed by atoms with Crippen molar-refractivity contribution in [3.8, 4) is 11.4 Å². The van der Waals surface area contributed by atoms with Crippen LogP contribution >= 0.6 is 11.8 Å². The summed E-state index contributed by atoms with van der Waals surface area (Å²) in [6, 6.07) is 9.62. The average Bonchev–Trinajstić information content (AvgIpc) is 2.85. The van der Waals surface area contributed by atoms with E-state index in [1.807, 2.05) is 30.3 Å². The van der Waals surface area contributed by atoms with E-state index in [9.17, 15) is 4.79 Å². The van der Waals surface area contributed by atoms with E-state index < -0.39 is 5.97 Å². The number of aliphatic carboxylic acids is 1. The number of carbonyl (C=O) groups is 1. The molecule has 3 rings (SSSR count). The summed E-state index contributed by atoms with van der Waals surface area (Å²) in [7, 11) is 1.75. The van der Waals surface area contributed by atoms with Gasteiger partial charge in [0.1, 0.15) is 0 Å². The lowest BCUT2D eigenvalue weighted by molar-refractivity contribution is -0.133. The molecule has 0 aliphatic heterocycles. The van der Waals surface area contributed by atoms with E-state index in [4.69, 9.17) is 5.11 Å². The van der Waals surface area contributed by atoms with Gasteiger partial charge < -0.3 is 5.11 Å². The third kappa shape index (κ3) is 2.73. The molecule has 0 atom stereocenters. The number of hydrogen-bond donors (Lipinski definition) is 1. The first-order valence-electron chi connectivity index (χ1n) is 6.25. The number of aryl methyl sites for hydroxylation is 1. The number of fused-ring (bicyclic) bond motifs is 1. The van der Waals surface area contributed by atoms with E-state index in [0.717, 1.165) is 28.2 Å². The van der Waals surface area contributed by atoms with Crippen LogP contribution < -0.4 is 0 Å². The topological polar surface area (TPSA) is 80.9 Å². The minimum Gasteiger partial charge on any atom is -0.481 e. The van der Waals surface area contributed by atoms with Gasteiger partial charge in [-0.25, -0.2) is 9.67 Å². The number of hydrogen-bond acceptors (Lipinski definition) is 5. The zero-order valence-electron chi connectivity index (χ0n) is 11.2. The van der Waals surface area contributed by atoms with Crippen LogP contribution in [0.15, 0.2) is 41.7 Å². The van der Waals surface area contributed by atoms with Gasteiger partial charge in [-0.2, -0.15) is 5.10 Å². The molecular weight excluding hydrogens is 288 g/mol. The van der Waals surface area contributed by atoms with E-state index in [1.54, 1.807) is 17.9 Å². The summed E-state index contributed by atoms with van der Waals surface area (Å²) in [4.78, 5) is 19.4. The van der Waals surface area contributed by atoms with Gasteiger partial charge in [-0.05, 0) is 12.1 Å². The number of rotatable bonds is 4. The van der Waals surface area contributed by atoms with Crippen molar-refractivity contribution in [2.24, 2.45) is 7.05 Å². The zero-order chi connectivity index (χ0) is 14.8. The highest BCUT2D eigenvalue weighted by atomic mass is 32.2. The molecule has 6 nitrogen and oxygen atoms in total. The third-order valence-corrected chi connectivity index (χ3v) is 3.94. The second-order valence-corrected chi connectivity index (χ2v) is 5.34. The Kier molecular flexibility index (Phi) is 3.57. The summed E-state index contributed by atoms with van der Waals surface area (Å²) in [6.07, 6.45) is 1.74. The summed E-state index contributed by atoms with van der Waals surface area (Å²) in [5.41, 5.74) is 1.76. The third-order valence-electron chi connectivity index (χ3n) is 2.93. The summed E-state index contributed by atoms with van der Waals surface area (Å²) in [5, 5.41) is 14.7. The number of carboxylic acid groups (broad SMARTS) is 1. The molecule has 0 saturated heterocycles. The maximum atomic E-state index is 10.6. The number of carboxylic acids is 1. The van der Waals surface area contributed by atoms with Gasteiger partial charge in [0.15, 0.2) is 11.0 Å². The molecule has 106 valence electrons. The molecule has 0 aliphatic carbocycles. The van der Waals surface area contributed by atoms with Crippen molar-refractivity contribution < 1.29 is 9.90 Å². The number of benzene rings is 1. The predicted molar refractivity (Wildman–Crippen MR) is 80.1 cm³/mol. The minimum absolute atomic E-state index is 0.0386. The van der Waals surface area contributed by atoms with Gasteiger partial charge in [-0.1, -0.05) is 30.0 Å². The maximum absolute atomic E-state index is 10.6. The number of pyridine rings is 1. The first-order valence-corrected chi connectivity index (χ1v) is 7.23. The molecule has 0 bridgehead atoms. The van der Waals surface area contributed by atoms with Crippen molar-refractivity contribution in [1.82, 2.24) is 19.7 Å². The van der Waals surface area contributed by atoms with Crippen molar-refractivity contribution in [2.45, 2.75) is 5.16 Å². The van der Waals surface area contributed by atoms with Crippen LogP contribution in [0.4, 0.5) is 0 Å². The molecule has 0 amide bonds. The highest BCUT2D eigenvalue weighted by molar-refractivity contribution is 7.99. The molecule has 2 aromatic heterocycles. The SMILES string of the molecule is Cn1nc(-c2cccc3ncccc23)nc1SCC(=O)O. The van der Waals surface area contributed by atoms with Crippen molar-refractivity contribution >= 4 is 28.6 Å². The van der Waals surface area contributed by atoms with Crippen LogP contribution in [0.3, 0.4) is 0 Å². The Morgan fingerprint density at radius 3 is 3.00 bits per heavy atom. The molecule has 0 unspecified atom stereocenters. The lowest BCUT2D eigenvalue weighted by Crippen LogP contribution is -2.00. The van der Waals surface area contributed by atoms with Gasteiger partial charge >= 0.3 is 5.97 Å². The van der Waals surface area contributed by atoms with Gasteiger partial charge in [0.05, 0.1) is 11.3 Å². The number of nitrogens with zero attached hydrogens (tertiary/aromatic N) is 4. The molecule has 1 N–H and O–H groups in total. The van der Waals surface area contributed by atoms with Crippen molar-refractivity contribution in [2.75, 3.05) is 5.75 Å². The standard InChI is InChI=1S/C14H12N4O2S/c1-18-14(21-8-12(19)20)16-13(17-18)10-4-2-6-11-9(10)5-3-7-15-11/h2-7H,8H2,1H3,(H,19,20). The highest BCUT2D eigenvalue weighted by Gasteiger charge is 2.13. The van der Waals surface area contributed by atoms with E-state index in [0.29, 0.717) is 11.0 Å². The Morgan fingerprint density at radius 1 is 1.33 bits per heavy atom. The molecule has 0 radical (unpaired) electrons. The second-order valence-electron chi connectivity index (χ2n) is 4.40. The monoisotopic (exact) mass is 300 g/mol. The Hall–Kier alpha value is -2.41. The Labute approximate surface area is 124 Å². The van der Waals surface area contributed by atoms with E-state index in [-0.39, 0.29) is 5.75 Å². The molecule has 7 heteroatoms. The Morgan fingerprint density at radius 2 is 2.19 bits per heavy atom. The van der Waals surface area contributed by atoms with Gasteiger partial charge in [0, 0.05) is 24.2 Å². The lowest BCUT2D eigenvalue weighted by Gasteiger charge is -2.01. The molecule has 21 heavy (non-hydrogen) atoms. The van der Waals surface area contributed by atoms with Crippen molar-refractivity contribution in [3.63, 3.8) is 0 Å². The average molecular weight is 300 g/mol. The van der Waals surface area contributed by atoms with E-state index in [1.165, 1.54) is 0 Å². The molecule has 2 heterocycles. The Balaban J connectivity index is 2.03. The summed E-state index contributed by atoms with van der Waals surface area (Å²) < 4.78 is 1.60. The van der Waals surface area contributed by atoms with Crippen molar-refractivity contribution in [3.05, 3.63) is 36.5 Å². The fourth-order valence-electron chi connectivity index (χ4n) is 2.03. The minimum atomic E-state index is -0.876.